The third-order valence-corrected chi connectivity index (χ3v) is 6.10. The van der Waals surface area contributed by atoms with Gasteiger partial charge >= 0.3 is 0 Å². The third kappa shape index (κ3) is 4.94. The normalized spacial score (nSPS) is 15.5. The molecule has 1 aromatic heterocycles. The van der Waals surface area contributed by atoms with Crippen molar-refractivity contribution in [2.75, 3.05) is 7.11 Å². The van der Waals surface area contributed by atoms with Gasteiger partial charge in [-0.15, -0.1) is 19.0 Å². The van der Waals surface area contributed by atoms with Gasteiger partial charge in [-0.2, -0.15) is 0 Å². The van der Waals surface area contributed by atoms with Crippen molar-refractivity contribution in [3.05, 3.63) is 102 Å². The second-order valence-electron chi connectivity index (χ2n) is 7.93. The van der Waals surface area contributed by atoms with Crippen molar-refractivity contribution < 1.29 is 9.47 Å². The van der Waals surface area contributed by atoms with E-state index >= 15 is 0 Å². The summed E-state index contributed by atoms with van der Waals surface area (Å²) in [5, 5.41) is 0. The molecule has 3 nitrogen and oxygen atoms in total. The van der Waals surface area contributed by atoms with E-state index in [1.54, 1.807) is 7.11 Å². The van der Waals surface area contributed by atoms with Crippen molar-refractivity contribution in [1.29, 1.82) is 0 Å². The Bertz CT molecular complexity index is 971. The molecule has 1 heterocycles. The quantitative estimate of drug-likeness (QED) is 0.376. The number of hydrogen-bond donors (Lipinski definition) is 0. The Kier molecular flexibility index (Phi) is 7.75. The summed E-state index contributed by atoms with van der Waals surface area (Å²) in [5.74, 6) is 1.58. The SMILES string of the molecule is C=CC(Cc1ccccn1)(c1ccccc1)c1ccc(OC)c(OC2CCCC2)c1.Cl. The molecule has 4 rings (SSSR count). The lowest BCUT2D eigenvalue weighted by molar-refractivity contribution is 0.200. The summed E-state index contributed by atoms with van der Waals surface area (Å²) in [5.41, 5.74) is 2.91. The zero-order valence-electron chi connectivity index (χ0n) is 18.0. The first-order valence-corrected chi connectivity index (χ1v) is 10.7. The van der Waals surface area contributed by atoms with Crippen molar-refractivity contribution in [1.82, 2.24) is 4.98 Å². The molecule has 0 aliphatic heterocycles. The largest absolute Gasteiger partial charge is 0.493 e. The van der Waals surface area contributed by atoms with Crippen molar-refractivity contribution in [3.63, 3.8) is 0 Å². The summed E-state index contributed by atoms with van der Waals surface area (Å²) >= 11 is 0. The Morgan fingerprint density at radius 3 is 2.35 bits per heavy atom. The zero-order chi connectivity index (χ0) is 20.8. The summed E-state index contributed by atoms with van der Waals surface area (Å²) in [6, 6.07) is 22.8. The van der Waals surface area contributed by atoms with Gasteiger partial charge in [-0.3, -0.25) is 4.98 Å². The second-order valence-corrected chi connectivity index (χ2v) is 7.93. The van der Waals surface area contributed by atoms with E-state index in [4.69, 9.17) is 9.47 Å². The van der Waals surface area contributed by atoms with Gasteiger partial charge in [0.1, 0.15) is 0 Å². The van der Waals surface area contributed by atoms with Gasteiger partial charge in [0.25, 0.3) is 0 Å². The number of nitrogens with zero attached hydrogens (tertiary/aromatic N) is 1. The lowest BCUT2D eigenvalue weighted by Crippen LogP contribution is -2.28. The van der Waals surface area contributed by atoms with Crippen molar-refractivity contribution in [3.8, 4) is 11.5 Å². The van der Waals surface area contributed by atoms with E-state index in [0.29, 0.717) is 0 Å². The summed E-state index contributed by atoms with van der Waals surface area (Å²) in [4.78, 5) is 4.60. The number of halogens is 1. The van der Waals surface area contributed by atoms with Crippen LogP contribution < -0.4 is 9.47 Å². The molecule has 1 aliphatic carbocycles. The molecule has 1 saturated carbocycles. The third-order valence-electron chi connectivity index (χ3n) is 6.10. The Labute approximate surface area is 191 Å². The second kappa shape index (κ2) is 10.5. The van der Waals surface area contributed by atoms with Crippen molar-refractivity contribution >= 4 is 12.4 Å². The van der Waals surface area contributed by atoms with Crippen molar-refractivity contribution in [2.45, 2.75) is 43.6 Å². The molecule has 2 aromatic carbocycles. The lowest BCUT2D eigenvalue weighted by atomic mass is 9.71. The number of aromatic nitrogens is 1. The number of methoxy groups -OCH3 is 1. The standard InChI is InChI=1S/C27H29NO2.ClH/c1-3-27(21-11-5-4-6-12-21,20-23-13-9-10-18-28-23)22-16-17-25(29-2)26(19-22)30-24-14-7-8-15-24;/h3-6,9-13,16-19,24H,1,7-8,14-15,20H2,2H3;1H. The Balaban J connectivity index is 0.00000272. The maximum Gasteiger partial charge on any atom is 0.161 e. The molecular weight excluding hydrogens is 406 g/mol. The van der Waals surface area contributed by atoms with Crippen LogP contribution in [0.5, 0.6) is 11.5 Å². The average molecular weight is 436 g/mol. The molecule has 0 bridgehead atoms. The molecule has 0 N–H and O–H groups in total. The predicted octanol–water partition coefficient (Wildman–Crippen LogP) is 6.55. The van der Waals surface area contributed by atoms with Crippen LogP contribution in [0.1, 0.15) is 42.5 Å². The van der Waals surface area contributed by atoms with Gasteiger partial charge in [0.2, 0.25) is 0 Å². The van der Waals surface area contributed by atoms with Gasteiger partial charge in [-0.1, -0.05) is 48.5 Å². The van der Waals surface area contributed by atoms with Crippen LogP contribution in [0.3, 0.4) is 0 Å². The maximum atomic E-state index is 6.39. The molecule has 1 atom stereocenters. The van der Waals surface area contributed by atoms with Crippen molar-refractivity contribution in [2.24, 2.45) is 0 Å². The zero-order valence-corrected chi connectivity index (χ0v) is 18.8. The first-order chi connectivity index (χ1) is 14.7. The molecule has 0 saturated heterocycles. The minimum absolute atomic E-state index is 0. The molecule has 0 spiro atoms. The van der Waals surface area contributed by atoms with Gasteiger partial charge in [0, 0.05) is 23.7 Å². The number of benzene rings is 2. The topological polar surface area (TPSA) is 31.4 Å². The van der Waals surface area contributed by atoms with Gasteiger partial charge in [-0.25, -0.2) is 0 Å². The van der Waals surface area contributed by atoms with E-state index in [1.165, 1.54) is 18.4 Å². The highest BCUT2D eigenvalue weighted by Gasteiger charge is 2.33. The highest BCUT2D eigenvalue weighted by Crippen LogP contribution is 2.41. The fourth-order valence-electron chi connectivity index (χ4n) is 4.43. The Hall–Kier alpha value is -2.78. The molecule has 3 aromatic rings. The van der Waals surface area contributed by atoms with Crippen LogP contribution in [-0.4, -0.2) is 18.2 Å². The number of hydrogen-bond acceptors (Lipinski definition) is 3. The highest BCUT2D eigenvalue weighted by molar-refractivity contribution is 5.85. The van der Waals surface area contributed by atoms with Crippen LogP contribution >= 0.6 is 12.4 Å². The number of pyridine rings is 1. The molecular formula is C27H30ClNO2. The first kappa shape index (κ1) is 22.9. The van der Waals surface area contributed by atoms with Crippen LogP contribution in [0.25, 0.3) is 0 Å². The number of rotatable bonds is 8. The Morgan fingerprint density at radius 1 is 0.968 bits per heavy atom. The van der Waals surface area contributed by atoms with E-state index in [0.717, 1.165) is 42.0 Å². The summed E-state index contributed by atoms with van der Waals surface area (Å²) in [6.07, 6.45) is 9.53. The number of allylic oxidation sites excluding steroid dienone is 1. The summed E-state index contributed by atoms with van der Waals surface area (Å²) < 4.78 is 12.0. The van der Waals surface area contributed by atoms with E-state index in [9.17, 15) is 0 Å². The van der Waals surface area contributed by atoms with Gasteiger partial charge in [0.15, 0.2) is 11.5 Å². The molecule has 0 radical (unpaired) electrons. The van der Waals surface area contributed by atoms with E-state index in [1.807, 2.05) is 36.5 Å². The molecule has 1 fully saturated rings. The van der Waals surface area contributed by atoms with E-state index < -0.39 is 5.41 Å². The molecule has 1 aliphatic rings. The molecule has 162 valence electrons. The number of ether oxygens (including phenoxy) is 2. The van der Waals surface area contributed by atoms with Gasteiger partial charge < -0.3 is 9.47 Å². The summed E-state index contributed by atoms with van der Waals surface area (Å²) in [7, 11) is 1.70. The van der Waals surface area contributed by atoms with Gasteiger partial charge in [-0.05, 0) is 61.1 Å². The molecule has 31 heavy (non-hydrogen) atoms. The van der Waals surface area contributed by atoms with E-state index in [-0.39, 0.29) is 18.5 Å². The molecule has 0 amide bonds. The van der Waals surface area contributed by atoms with Crippen LogP contribution in [0.2, 0.25) is 0 Å². The Morgan fingerprint density at radius 2 is 1.71 bits per heavy atom. The smallest absolute Gasteiger partial charge is 0.161 e. The fraction of sp³-hybridized carbons (Fsp3) is 0.296. The highest BCUT2D eigenvalue weighted by atomic mass is 35.5. The minimum Gasteiger partial charge on any atom is -0.493 e. The van der Waals surface area contributed by atoms with Crippen LogP contribution in [-0.2, 0) is 11.8 Å². The monoisotopic (exact) mass is 435 g/mol. The fourth-order valence-corrected chi connectivity index (χ4v) is 4.43. The van der Waals surface area contributed by atoms with Crippen LogP contribution in [0.4, 0.5) is 0 Å². The van der Waals surface area contributed by atoms with Crippen LogP contribution in [0.15, 0.2) is 85.6 Å². The first-order valence-electron chi connectivity index (χ1n) is 10.7. The predicted molar refractivity (Wildman–Crippen MR) is 128 cm³/mol. The van der Waals surface area contributed by atoms with E-state index in [2.05, 4.69) is 54.0 Å². The molecule has 1 unspecified atom stereocenters. The lowest BCUT2D eigenvalue weighted by Gasteiger charge is -2.32. The van der Waals surface area contributed by atoms with Crippen LogP contribution in [0, 0.1) is 0 Å². The molecule has 4 heteroatoms. The van der Waals surface area contributed by atoms with Gasteiger partial charge in [0.05, 0.1) is 13.2 Å². The summed E-state index contributed by atoms with van der Waals surface area (Å²) in [6.45, 7) is 4.26. The minimum atomic E-state index is -0.421. The average Bonchev–Trinajstić information content (AvgIpc) is 3.32. The maximum absolute atomic E-state index is 6.39.